The number of hydrogen-bond acceptors (Lipinski definition) is 4. The van der Waals surface area contributed by atoms with Gasteiger partial charge in [0.05, 0.1) is 12.4 Å². The molecule has 0 radical (unpaired) electrons. The second-order valence-corrected chi connectivity index (χ2v) is 3.45. The Balaban J connectivity index is 2.44. The van der Waals surface area contributed by atoms with Gasteiger partial charge in [0.25, 0.3) is 0 Å². The summed E-state index contributed by atoms with van der Waals surface area (Å²) >= 11 is 1.49. The van der Waals surface area contributed by atoms with Gasteiger partial charge in [-0.2, -0.15) is 11.8 Å². The van der Waals surface area contributed by atoms with Crippen molar-refractivity contribution in [1.29, 1.82) is 0 Å². The Morgan fingerprint density at radius 1 is 1.54 bits per heavy atom. The molecule has 0 spiro atoms. The van der Waals surface area contributed by atoms with E-state index in [4.69, 9.17) is 14.6 Å². The van der Waals surface area contributed by atoms with Crippen molar-refractivity contribution in [2.75, 3.05) is 12.4 Å². The van der Waals surface area contributed by atoms with Gasteiger partial charge in [-0.15, -0.1) is 0 Å². The van der Waals surface area contributed by atoms with Gasteiger partial charge in [-0.05, 0) is 12.1 Å². The van der Waals surface area contributed by atoms with Crippen LogP contribution in [0.25, 0.3) is 0 Å². The van der Waals surface area contributed by atoms with Gasteiger partial charge in [-0.3, -0.25) is 0 Å². The van der Waals surface area contributed by atoms with Crippen molar-refractivity contribution >= 4 is 17.7 Å². The fourth-order valence-electron chi connectivity index (χ4n) is 0.808. The second-order valence-electron chi connectivity index (χ2n) is 2.35. The summed E-state index contributed by atoms with van der Waals surface area (Å²) in [6.07, 6.45) is 0. The summed E-state index contributed by atoms with van der Waals surface area (Å²) in [5, 5.41) is 17.0. The van der Waals surface area contributed by atoms with Gasteiger partial charge in [0.1, 0.15) is 5.76 Å². The van der Waals surface area contributed by atoms with Gasteiger partial charge in [0, 0.05) is 5.75 Å². The molecule has 0 aliphatic rings. The van der Waals surface area contributed by atoms with E-state index >= 15 is 0 Å². The fourth-order valence-corrected chi connectivity index (χ4v) is 1.44. The maximum absolute atomic E-state index is 10.4. The lowest BCUT2D eigenvalue weighted by Crippen LogP contribution is -1.92. The molecule has 0 amide bonds. The zero-order valence-electron chi connectivity index (χ0n) is 6.90. The minimum Gasteiger partial charge on any atom is -0.475 e. The van der Waals surface area contributed by atoms with E-state index in [1.165, 1.54) is 17.8 Å². The summed E-state index contributed by atoms with van der Waals surface area (Å²) in [7, 11) is 0. The highest BCUT2D eigenvalue weighted by Crippen LogP contribution is 2.14. The maximum Gasteiger partial charge on any atom is 0.371 e. The van der Waals surface area contributed by atoms with Crippen LogP contribution in [-0.2, 0) is 5.75 Å². The number of carbonyl (C=O) groups is 1. The number of aliphatic hydroxyl groups is 1. The molecule has 13 heavy (non-hydrogen) atoms. The summed E-state index contributed by atoms with van der Waals surface area (Å²) in [5.41, 5.74) is 0. The van der Waals surface area contributed by atoms with Gasteiger partial charge >= 0.3 is 5.97 Å². The monoisotopic (exact) mass is 202 g/mol. The average Bonchev–Trinajstić information content (AvgIpc) is 2.53. The Hall–Kier alpha value is -0.940. The summed E-state index contributed by atoms with van der Waals surface area (Å²) < 4.78 is 4.99. The molecule has 1 aromatic heterocycles. The van der Waals surface area contributed by atoms with E-state index in [0.717, 1.165) is 0 Å². The molecule has 0 saturated heterocycles. The number of furan rings is 1. The lowest BCUT2D eigenvalue weighted by molar-refractivity contribution is 0.0661. The zero-order valence-corrected chi connectivity index (χ0v) is 7.71. The fraction of sp³-hybridized carbons (Fsp3) is 0.375. The molecule has 0 bridgehead atoms. The topological polar surface area (TPSA) is 70.7 Å². The van der Waals surface area contributed by atoms with E-state index in [2.05, 4.69) is 0 Å². The first-order valence-corrected chi connectivity index (χ1v) is 4.90. The molecular weight excluding hydrogens is 192 g/mol. The van der Waals surface area contributed by atoms with Gasteiger partial charge in [-0.25, -0.2) is 4.79 Å². The van der Waals surface area contributed by atoms with Crippen molar-refractivity contribution < 1.29 is 19.4 Å². The number of hydrogen-bond donors (Lipinski definition) is 2. The molecule has 72 valence electrons. The summed E-state index contributed by atoms with van der Waals surface area (Å²) in [5.74, 6) is 0.741. The maximum atomic E-state index is 10.4. The molecule has 4 nitrogen and oxygen atoms in total. The smallest absolute Gasteiger partial charge is 0.371 e. The predicted octanol–water partition coefficient (Wildman–Crippen LogP) is 1.20. The Bertz CT molecular complexity index is 281. The summed E-state index contributed by atoms with van der Waals surface area (Å²) in [6.45, 7) is 0.122. The van der Waals surface area contributed by atoms with Crippen molar-refractivity contribution in [3.05, 3.63) is 23.7 Å². The van der Waals surface area contributed by atoms with Crippen molar-refractivity contribution in [2.45, 2.75) is 5.75 Å². The number of thioether (sulfide) groups is 1. The number of carboxylic acids is 1. The Morgan fingerprint density at radius 3 is 2.85 bits per heavy atom. The molecule has 1 aromatic rings. The van der Waals surface area contributed by atoms with Gasteiger partial charge in [-0.1, -0.05) is 0 Å². The van der Waals surface area contributed by atoms with Crippen LogP contribution in [0.2, 0.25) is 0 Å². The molecule has 5 heteroatoms. The first-order chi connectivity index (χ1) is 6.24. The lowest BCUT2D eigenvalue weighted by Gasteiger charge is -1.94. The quantitative estimate of drug-likeness (QED) is 0.702. The normalized spacial score (nSPS) is 10.2. The van der Waals surface area contributed by atoms with E-state index in [1.54, 1.807) is 6.07 Å². The molecule has 0 aliphatic carbocycles. The first-order valence-electron chi connectivity index (χ1n) is 3.74. The van der Waals surface area contributed by atoms with Crippen LogP contribution in [0.15, 0.2) is 16.5 Å². The second kappa shape index (κ2) is 4.94. The third-order valence-electron chi connectivity index (χ3n) is 1.35. The van der Waals surface area contributed by atoms with E-state index in [1.807, 2.05) is 0 Å². The highest BCUT2D eigenvalue weighted by atomic mass is 32.2. The van der Waals surface area contributed by atoms with Crippen molar-refractivity contribution in [1.82, 2.24) is 0 Å². The number of carboxylic acid groups (broad SMARTS) is 1. The molecule has 0 unspecified atom stereocenters. The van der Waals surface area contributed by atoms with Crippen LogP contribution in [0.4, 0.5) is 0 Å². The van der Waals surface area contributed by atoms with E-state index in [0.29, 0.717) is 17.3 Å². The number of aliphatic hydroxyl groups excluding tert-OH is 1. The van der Waals surface area contributed by atoms with E-state index in [-0.39, 0.29) is 12.4 Å². The Kier molecular flexibility index (Phi) is 3.85. The van der Waals surface area contributed by atoms with Crippen molar-refractivity contribution in [2.24, 2.45) is 0 Å². The predicted molar refractivity (Wildman–Crippen MR) is 48.9 cm³/mol. The molecule has 1 rings (SSSR count). The standard InChI is InChI=1S/C8H10O4S/c9-3-4-13-5-6-1-2-7(12-6)8(10)11/h1-2,9H,3-5H2,(H,10,11). The largest absolute Gasteiger partial charge is 0.475 e. The van der Waals surface area contributed by atoms with Gasteiger partial charge < -0.3 is 14.6 Å². The molecule has 2 N–H and O–H groups in total. The highest BCUT2D eigenvalue weighted by Gasteiger charge is 2.08. The average molecular weight is 202 g/mol. The summed E-state index contributed by atoms with van der Waals surface area (Å²) in [4.78, 5) is 10.4. The van der Waals surface area contributed by atoms with Gasteiger partial charge in [0.2, 0.25) is 5.76 Å². The molecule has 0 aliphatic heterocycles. The van der Waals surface area contributed by atoms with Crippen LogP contribution in [0.5, 0.6) is 0 Å². The Morgan fingerprint density at radius 2 is 2.31 bits per heavy atom. The third-order valence-corrected chi connectivity index (χ3v) is 2.31. The molecule has 0 atom stereocenters. The SMILES string of the molecule is O=C(O)c1ccc(CSCCO)o1. The summed E-state index contributed by atoms with van der Waals surface area (Å²) in [6, 6.07) is 3.06. The van der Waals surface area contributed by atoms with Crippen LogP contribution in [0, 0.1) is 0 Å². The minimum absolute atomic E-state index is 0.0420. The lowest BCUT2D eigenvalue weighted by atomic mass is 10.4. The van der Waals surface area contributed by atoms with E-state index < -0.39 is 5.97 Å². The third kappa shape index (κ3) is 3.12. The van der Waals surface area contributed by atoms with Crippen molar-refractivity contribution in [3.8, 4) is 0 Å². The number of aromatic carboxylic acids is 1. The van der Waals surface area contributed by atoms with Crippen LogP contribution >= 0.6 is 11.8 Å². The van der Waals surface area contributed by atoms with Gasteiger partial charge in [0.15, 0.2) is 0 Å². The van der Waals surface area contributed by atoms with Crippen molar-refractivity contribution in [3.63, 3.8) is 0 Å². The zero-order chi connectivity index (χ0) is 9.68. The van der Waals surface area contributed by atoms with E-state index in [9.17, 15) is 4.79 Å². The highest BCUT2D eigenvalue weighted by molar-refractivity contribution is 7.98. The van der Waals surface area contributed by atoms with Crippen LogP contribution < -0.4 is 0 Å². The van der Waals surface area contributed by atoms with Crippen LogP contribution in [-0.4, -0.2) is 28.5 Å². The molecular formula is C8H10O4S. The molecule has 0 saturated carbocycles. The van der Waals surface area contributed by atoms with Crippen LogP contribution in [0.1, 0.15) is 16.3 Å². The number of rotatable bonds is 5. The first kappa shape index (κ1) is 10.1. The Labute approximate surface area is 79.6 Å². The minimum atomic E-state index is -1.06. The van der Waals surface area contributed by atoms with Crippen LogP contribution in [0.3, 0.4) is 0 Å². The molecule has 0 aromatic carbocycles. The molecule has 0 fully saturated rings. The molecule has 1 heterocycles.